The highest BCUT2D eigenvalue weighted by molar-refractivity contribution is 6.88. The third-order valence-electron chi connectivity index (χ3n) is 5.55. The Kier molecular flexibility index (Phi) is 5.04. The maximum absolute atomic E-state index is 8.24. The summed E-state index contributed by atoms with van der Waals surface area (Å²) >= 11 is 0. The number of aryl methyl sites for hydroxylation is 1. The minimum atomic E-state index is -2.24. The number of pyridine rings is 1. The van der Waals surface area contributed by atoms with Gasteiger partial charge in [-0.2, -0.15) is 0 Å². The lowest BCUT2D eigenvalue weighted by atomic mass is 9.83. The summed E-state index contributed by atoms with van der Waals surface area (Å²) in [6.07, 6.45) is 1.56. The van der Waals surface area contributed by atoms with Crippen LogP contribution in [0.2, 0.25) is 19.6 Å². The lowest BCUT2D eigenvalue weighted by molar-refractivity contribution is 0.839. The van der Waals surface area contributed by atoms with Gasteiger partial charge in [-0.3, -0.25) is 4.98 Å². The molecular weight excluding hydrogens is 366 g/mol. The first-order chi connectivity index (χ1) is 14.8. The Morgan fingerprint density at radius 2 is 1.45 bits per heavy atom. The smallest absolute Gasteiger partial charge is 0.0776 e. The second-order valence-corrected chi connectivity index (χ2v) is 14.6. The number of rotatable bonds is 5. The van der Waals surface area contributed by atoms with E-state index in [1.807, 2.05) is 36.4 Å². The Hall–Kier alpha value is -2.19. The first-order valence-corrected chi connectivity index (χ1v) is 14.0. The summed E-state index contributed by atoms with van der Waals surface area (Å²) in [5.41, 5.74) is 6.42. The molecule has 0 N–H and O–H groups in total. The predicted molar refractivity (Wildman–Crippen MR) is 131 cm³/mol. The van der Waals surface area contributed by atoms with Crippen LogP contribution in [0.4, 0.5) is 0 Å². The third kappa shape index (κ3) is 4.53. The normalized spacial score (nSPS) is 14.0. The summed E-state index contributed by atoms with van der Waals surface area (Å²) in [6.45, 7) is 13.7. The number of hydrogen-bond acceptors (Lipinski definition) is 1. The van der Waals surface area contributed by atoms with Gasteiger partial charge in [-0.05, 0) is 52.6 Å². The van der Waals surface area contributed by atoms with E-state index < -0.39 is 14.9 Å². The Morgan fingerprint density at radius 1 is 0.862 bits per heavy atom. The van der Waals surface area contributed by atoms with Crippen molar-refractivity contribution < 1.29 is 4.11 Å². The monoisotopic (exact) mass is 404 g/mol. The standard InChI is InChI=1S/C27H35NSi/c1-18(2)23-14-22(29(6,7)8)15-24(19(3)4)27(23)25-16-26(28-17-20(25)5)21-12-10-9-11-13-21/h9-19H,1-8H3/i5D3. The molecule has 0 unspecified atom stereocenters. The highest BCUT2D eigenvalue weighted by atomic mass is 28.3. The van der Waals surface area contributed by atoms with Gasteiger partial charge in [0.2, 0.25) is 0 Å². The van der Waals surface area contributed by atoms with E-state index in [9.17, 15) is 0 Å². The summed E-state index contributed by atoms with van der Waals surface area (Å²) in [7, 11) is -1.55. The molecule has 0 fully saturated rings. The molecule has 0 spiro atoms. The van der Waals surface area contributed by atoms with Gasteiger partial charge in [-0.1, -0.05) is 95.0 Å². The van der Waals surface area contributed by atoms with Crippen LogP contribution in [0.3, 0.4) is 0 Å². The van der Waals surface area contributed by atoms with Crippen molar-refractivity contribution in [2.24, 2.45) is 0 Å². The Morgan fingerprint density at radius 3 is 1.93 bits per heavy atom. The second kappa shape index (κ2) is 8.28. The summed E-state index contributed by atoms with van der Waals surface area (Å²) in [5, 5.41) is 1.42. The van der Waals surface area contributed by atoms with Gasteiger partial charge in [0.05, 0.1) is 13.8 Å². The van der Waals surface area contributed by atoms with Gasteiger partial charge in [0.25, 0.3) is 0 Å². The van der Waals surface area contributed by atoms with Crippen molar-refractivity contribution in [1.29, 1.82) is 0 Å². The Labute approximate surface area is 182 Å². The molecule has 0 aliphatic carbocycles. The molecule has 152 valence electrons. The second-order valence-electron chi connectivity index (χ2n) is 9.57. The average Bonchev–Trinajstić information content (AvgIpc) is 2.71. The lowest BCUT2D eigenvalue weighted by Gasteiger charge is -2.27. The van der Waals surface area contributed by atoms with Gasteiger partial charge in [0, 0.05) is 15.9 Å². The summed E-state index contributed by atoms with van der Waals surface area (Å²) in [4.78, 5) is 4.55. The molecule has 0 amide bonds. The van der Waals surface area contributed by atoms with Gasteiger partial charge in [-0.15, -0.1) is 0 Å². The highest BCUT2D eigenvalue weighted by Gasteiger charge is 2.24. The fourth-order valence-corrected chi connectivity index (χ4v) is 4.95. The zero-order valence-corrected chi connectivity index (χ0v) is 19.8. The molecule has 1 heterocycles. The van der Waals surface area contributed by atoms with Crippen molar-refractivity contribution in [2.75, 3.05) is 0 Å². The van der Waals surface area contributed by atoms with Crippen molar-refractivity contribution in [3.05, 3.63) is 71.4 Å². The SMILES string of the molecule is [2H]C([2H])([2H])c1cnc(-c2ccccc2)cc1-c1c(C(C)C)cc([Si](C)(C)C)cc1C(C)C. The summed E-state index contributed by atoms with van der Waals surface area (Å²) in [6, 6.07) is 16.6. The number of aromatic nitrogens is 1. The predicted octanol–water partition coefficient (Wildman–Crippen LogP) is 7.52. The van der Waals surface area contributed by atoms with Gasteiger partial charge >= 0.3 is 0 Å². The van der Waals surface area contributed by atoms with Crippen LogP contribution in [-0.4, -0.2) is 13.1 Å². The van der Waals surface area contributed by atoms with Crippen LogP contribution >= 0.6 is 0 Å². The number of nitrogens with zero attached hydrogens (tertiary/aromatic N) is 1. The number of hydrogen-bond donors (Lipinski definition) is 0. The van der Waals surface area contributed by atoms with Crippen molar-refractivity contribution >= 4 is 13.3 Å². The molecule has 0 saturated carbocycles. The topological polar surface area (TPSA) is 12.9 Å². The molecule has 2 heteroatoms. The largest absolute Gasteiger partial charge is 0.256 e. The molecule has 0 saturated heterocycles. The van der Waals surface area contributed by atoms with E-state index in [-0.39, 0.29) is 11.8 Å². The van der Waals surface area contributed by atoms with Gasteiger partial charge in [0.1, 0.15) is 0 Å². The highest BCUT2D eigenvalue weighted by Crippen LogP contribution is 2.38. The lowest BCUT2D eigenvalue weighted by Crippen LogP contribution is -2.38. The van der Waals surface area contributed by atoms with Crippen LogP contribution in [0.25, 0.3) is 22.4 Å². The van der Waals surface area contributed by atoms with Gasteiger partial charge < -0.3 is 0 Å². The molecule has 0 aliphatic heterocycles. The van der Waals surface area contributed by atoms with Crippen molar-refractivity contribution in [1.82, 2.24) is 4.98 Å². The van der Waals surface area contributed by atoms with Crippen molar-refractivity contribution in [2.45, 2.75) is 66.0 Å². The summed E-state index contributed by atoms with van der Waals surface area (Å²) < 4.78 is 24.7. The van der Waals surface area contributed by atoms with Crippen molar-refractivity contribution in [3.63, 3.8) is 0 Å². The maximum atomic E-state index is 8.24. The van der Waals surface area contributed by atoms with Gasteiger partial charge in [-0.25, -0.2) is 0 Å². The molecule has 2 aromatic carbocycles. The molecule has 3 rings (SSSR count). The Bertz CT molecular complexity index is 1070. The first-order valence-electron chi connectivity index (χ1n) is 12.0. The van der Waals surface area contributed by atoms with E-state index in [0.717, 1.165) is 22.4 Å². The average molecular weight is 405 g/mol. The van der Waals surface area contributed by atoms with E-state index in [0.29, 0.717) is 5.56 Å². The van der Waals surface area contributed by atoms with E-state index in [1.54, 1.807) is 6.20 Å². The molecule has 0 bridgehead atoms. The van der Waals surface area contributed by atoms with Crippen LogP contribution < -0.4 is 5.19 Å². The Balaban J connectivity index is 2.44. The van der Waals surface area contributed by atoms with Gasteiger partial charge in [0.15, 0.2) is 0 Å². The molecule has 3 aromatic rings. The minimum Gasteiger partial charge on any atom is -0.256 e. The minimum absolute atomic E-state index is 0.275. The molecule has 0 aliphatic rings. The van der Waals surface area contributed by atoms with E-state index in [4.69, 9.17) is 4.11 Å². The van der Waals surface area contributed by atoms with Crippen LogP contribution in [0, 0.1) is 6.85 Å². The molecule has 0 atom stereocenters. The zero-order valence-electron chi connectivity index (χ0n) is 21.8. The third-order valence-corrected chi connectivity index (χ3v) is 7.57. The van der Waals surface area contributed by atoms with Crippen molar-refractivity contribution in [3.8, 4) is 22.4 Å². The molecule has 29 heavy (non-hydrogen) atoms. The van der Waals surface area contributed by atoms with Crippen LogP contribution in [0.5, 0.6) is 0 Å². The maximum Gasteiger partial charge on any atom is 0.0776 e. The van der Waals surface area contributed by atoms with Crippen LogP contribution in [0.1, 0.15) is 60.3 Å². The quantitative estimate of drug-likeness (QED) is 0.401. The molecular formula is C27H35NSi. The first kappa shape index (κ1) is 17.6. The summed E-state index contributed by atoms with van der Waals surface area (Å²) in [5.74, 6) is 0.549. The molecule has 0 radical (unpaired) electrons. The van der Waals surface area contributed by atoms with E-state index in [2.05, 4.69) is 64.5 Å². The fourth-order valence-electron chi connectivity index (χ4n) is 3.77. The van der Waals surface area contributed by atoms with E-state index in [1.165, 1.54) is 16.3 Å². The van der Waals surface area contributed by atoms with E-state index >= 15 is 0 Å². The number of benzene rings is 2. The van der Waals surface area contributed by atoms with Crippen LogP contribution in [0.15, 0.2) is 54.7 Å². The molecule has 1 aromatic heterocycles. The molecule has 1 nitrogen and oxygen atoms in total. The zero-order chi connectivity index (χ0) is 23.8. The fraction of sp³-hybridized carbons (Fsp3) is 0.370. The van der Waals surface area contributed by atoms with Crippen LogP contribution in [-0.2, 0) is 0 Å².